The lowest BCUT2D eigenvalue weighted by Gasteiger charge is -2.31. The Kier molecular flexibility index (Phi) is 6.70. The summed E-state index contributed by atoms with van der Waals surface area (Å²) in [5, 5.41) is 7.72. The number of piperidine rings is 1. The maximum Gasteiger partial charge on any atom is 0.220 e. The summed E-state index contributed by atoms with van der Waals surface area (Å²) in [5.41, 5.74) is 0. The summed E-state index contributed by atoms with van der Waals surface area (Å²) in [6, 6.07) is 1.83. The molecule has 2 bridgehead atoms. The minimum atomic E-state index is 0. The van der Waals surface area contributed by atoms with E-state index >= 15 is 0 Å². The predicted octanol–water partition coefficient (Wildman–Crippen LogP) is 3.12. The number of hydrogen-bond donors (Lipinski definition) is 2. The molecule has 0 spiro atoms. The van der Waals surface area contributed by atoms with Crippen molar-refractivity contribution in [2.24, 2.45) is 5.92 Å². The van der Waals surface area contributed by atoms with Crippen LogP contribution in [0.25, 0.3) is 0 Å². The van der Waals surface area contributed by atoms with Gasteiger partial charge in [0.1, 0.15) is 0 Å². The van der Waals surface area contributed by atoms with Crippen molar-refractivity contribution in [1.82, 2.24) is 10.6 Å². The molecule has 5 heteroatoms. The fourth-order valence-corrected chi connectivity index (χ4v) is 5.21. The lowest BCUT2D eigenvalue weighted by atomic mass is 9.89. The molecule has 0 radical (unpaired) electrons. The Labute approximate surface area is 139 Å². The highest BCUT2D eigenvalue weighted by Gasteiger charge is 2.34. The van der Waals surface area contributed by atoms with Gasteiger partial charge in [-0.1, -0.05) is 6.42 Å². The molecule has 122 valence electrons. The van der Waals surface area contributed by atoms with Gasteiger partial charge in [-0.15, -0.1) is 12.4 Å². The van der Waals surface area contributed by atoms with Gasteiger partial charge in [0.25, 0.3) is 0 Å². The highest BCUT2D eigenvalue weighted by atomic mass is 35.5. The molecule has 3 nitrogen and oxygen atoms in total. The second-order valence-corrected chi connectivity index (χ2v) is 8.11. The van der Waals surface area contributed by atoms with Gasteiger partial charge in [-0.25, -0.2) is 0 Å². The predicted molar refractivity (Wildman–Crippen MR) is 92.2 cm³/mol. The summed E-state index contributed by atoms with van der Waals surface area (Å²) in [5.74, 6) is 0.928. The number of thioether (sulfide) groups is 1. The maximum atomic E-state index is 12.3. The molecule has 0 aromatic rings. The first-order chi connectivity index (χ1) is 9.72. The van der Waals surface area contributed by atoms with Crippen LogP contribution in [0.15, 0.2) is 0 Å². The Balaban J connectivity index is 0.00000161. The number of rotatable bonds is 4. The minimum absolute atomic E-state index is 0. The molecule has 0 aromatic carbocycles. The molecule has 21 heavy (non-hydrogen) atoms. The molecule has 2 N–H and O–H groups in total. The molecule has 1 aliphatic carbocycles. The van der Waals surface area contributed by atoms with E-state index in [0.717, 1.165) is 11.7 Å². The summed E-state index contributed by atoms with van der Waals surface area (Å²) < 4.78 is 0. The average molecular weight is 333 g/mol. The summed E-state index contributed by atoms with van der Waals surface area (Å²) in [7, 11) is 0. The largest absolute Gasteiger partial charge is 0.353 e. The lowest BCUT2D eigenvalue weighted by Crippen LogP contribution is -2.42. The van der Waals surface area contributed by atoms with Crippen LogP contribution in [0.3, 0.4) is 0 Å². The van der Waals surface area contributed by atoms with Crippen molar-refractivity contribution in [2.45, 2.75) is 81.2 Å². The molecule has 3 fully saturated rings. The van der Waals surface area contributed by atoms with Crippen LogP contribution in [-0.2, 0) is 4.79 Å². The van der Waals surface area contributed by atoms with Gasteiger partial charge in [0.05, 0.1) is 0 Å². The van der Waals surface area contributed by atoms with Crippen molar-refractivity contribution in [3.05, 3.63) is 0 Å². The van der Waals surface area contributed by atoms with Gasteiger partial charge < -0.3 is 10.6 Å². The second kappa shape index (κ2) is 8.07. The smallest absolute Gasteiger partial charge is 0.220 e. The van der Waals surface area contributed by atoms with E-state index in [1.54, 1.807) is 0 Å². The topological polar surface area (TPSA) is 41.1 Å². The zero-order chi connectivity index (χ0) is 13.9. The molecule has 2 saturated heterocycles. The molecular weight excluding hydrogens is 304 g/mol. The number of fused-ring (bicyclic) bond motifs is 2. The van der Waals surface area contributed by atoms with Crippen LogP contribution in [0.1, 0.15) is 57.8 Å². The van der Waals surface area contributed by atoms with E-state index in [2.05, 4.69) is 16.9 Å². The Morgan fingerprint density at radius 1 is 1.14 bits per heavy atom. The summed E-state index contributed by atoms with van der Waals surface area (Å²) in [6.07, 6.45) is 13.0. The quantitative estimate of drug-likeness (QED) is 0.831. The first-order valence-corrected chi connectivity index (χ1v) is 9.60. The van der Waals surface area contributed by atoms with Gasteiger partial charge in [0.15, 0.2) is 0 Å². The Morgan fingerprint density at radius 3 is 2.52 bits per heavy atom. The lowest BCUT2D eigenvalue weighted by molar-refractivity contribution is -0.123. The Hall–Kier alpha value is 0.0700. The monoisotopic (exact) mass is 332 g/mol. The van der Waals surface area contributed by atoms with E-state index in [1.165, 1.54) is 51.4 Å². The molecule has 2 aliphatic heterocycles. The van der Waals surface area contributed by atoms with Gasteiger partial charge in [0, 0.05) is 29.8 Å². The molecule has 2 heterocycles. The molecule has 4 atom stereocenters. The summed E-state index contributed by atoms with van der Waals surface area (Å²) in [6.45, 7) is 0. The van der Waals surface area contributed by atoms with Crippen LogP contribution in [-0.4, -0.2) is 35.5 Å². The highest BCUT2D eigenvalue weighted by molar-refractivity contribution is 7.99. The number of amides is 1. The van der Waals surface area contributed by atoms with Crippen molar-refractivity contribution in [3.63, 3.8) is 0 Å². The minimum Gasteiger partial charge on any atom is -0.353 e. The zero-order valence-corrected chi connectivity index (χ0v) is 14.6. The maximum absolute atomic E-state index is 12.3. The van der Waals surface area contributed by atoms with Crippen LogP contribution in [0.5, 0.6) is 0 Å². The fourth-order valence-electron chi connectivity index (χ4n) is 4.38. The van der Waals surface area contributed by atoms with E-state index in [9.17, 15) is 4.79 Å². The van der Waals surface area contributed by atoms with Crippen LogP contribution in [0.4, 0.5) is 0 Å². The van der Waals surface area contributed by atoms with E-state index in [0.29, 0.717) is 30.0 Å². The number of carbonyl (C=O) groups is 1. The third-order valence-electron chi connectivity index (χ3n) is 5.37. The Morgan fingerprint density at radius 2 is 1.86 bits per heavy atom. The standard InChI is InChI=1S/C16H28N2OS.ClH/c1-20-15-4-2-3-12(10-15)18-16(19)9-11-7-13-5-6-14(8-11)17-13;/h11-15,17H,2-10H2,1H3,(H,18,19);1H. The number of hydrogen-bond acceptors (Lipinski definition) is 3. The number of nitrogens with one attached hydrogen (secondary N) is 2. The van der Waals surface area contributed by atoms with Gasteiger partial charge in [-0.05, 0) is 57.1 Å². The fraction of sp³-hybridized carbons (Fsp3) is 0.938. The normalized spacial score (nSPS) is 38.6. The SMILES string of the molecule is CSC1CCCC(NC(=O)CC2CC3CCC(C2)N3)C1.Cl. The van der Waals surface area contributed by atoms with Crippen molar-refractivity contribution < 1.29 is 4.79 Å². The van der Waals surface area contributed by atoms with Gasteiger partial charge in [0.2, 0.25) is 5.91 Å². The van der Waals surface area contributed by atoms with Gasteiger partial charge >= 0.3 is 0 Å². The van der Waals surface area contributed by atoms with Crippen molar-refractivity contribution >= 4 is 30.1 Å². The van der Waals surface area contributed by atoms with E-state index in [-0.39, 0.29) is 12.4 Å². The summed E-state index contributed by atoms with van der Waals surface area (Å²) >= 11 is 1.96. The van der Waals surface area contributed by atoms with Crippen LogP contribution in [0.2, 0.25) is 0 Å². The third-order valence-corrected chi connectivity index (χ3v) is 6.46. The van der Waals surface area contributed by atoms with Gasteiger partial charge in [-0.3, -0.25) is 4.79 Å². The molecular formula is C16H29ClN2OS. The highest BCUT2D eigenvalue weighted by Crippen LogP contribution is 2.33. The van der Waals surface area contributed by atoms with Crippen LogP contribution in [0, 0.1) is 5.92 Å². The van der Waals surface area contributed by atoms with Crippen LogP contribution < -0.4 is 10.6 Å². The summed E-state index contributed by atoms with van der Waals surface area (Å²) in [4.78, 5) is 12.3. The molecule has 1 saturated carbocycles. The van der Waals surface area contributed by atoms with Crippen LogP contribution >= 0.6 is 24.2 Å². The molecule has 3 rings (SSSR count). The van der Waals surface area contributed by atoms with Crippen molar-refractivity contribution in [3.8, 4) is 0 Å². The van der Waals surface area contributed by atoms with Crippen molar-refractivity contribution in [2.75, 3.05) is 6.26 Å². The van der Waals surface area contributed by atoms with E-state index in [4.69, 9.17) is 0 Å². The van der Waals surface area contributed by atoms with Crippen molar-refractivity contribution in [1.29, 1.82) is 0 Å². The molecule has 1 amide bonds. The molecule has 4 unspecified atom stereocenters. The molecule has 3 aliphatic rings. The molecule has 0 aromatic heterocycles. The van der Waals surface area contributed by atoms with E-state index in [1.807, 2.05) is 11.8 Å². The Bertz CT molecular complexity index is 343. The average Bonchev–Trinajstić information content (AvgIpc) is 2.78. The first kappa shape index (κ1) is 17.4. The van der Waals surface area contributed by atoms with E-state index < -0.39 is 0 Å². The second-order valence-electron chi connectivity index (χ2n) is 6.97. The number of carbonyl (C=O) groups excluding carboxylic acids is 1. The van der Waals surface area contributed by atoms with Gasteiger partial charge in [-0.2, -0.15) is 11.8 Å². The zero-order valence-electron chi connectivity index (χ0n) is 13.0. The number of halogens is 1. The third kappa shape index (κ3) is 4.77. The first-order valence-electron chi connectivity index (χ1n) is 8.31.